The molecule has 0 spiro atoms. The van der Waals surface area contributed by atoms with Gasteiger partial charge in [-0.2, -0.15) is 0 Å². The molecule has 2 bridgehead atoms. The summed E-state index contributed by atoms with van der Waals surface area (Å²) in [5.74, 6) is 4.01. The fourth-order valence-corrected chi connectivity index (χ4v) is 4.09. The number of halogens is 1. The average molecular weight is 228 g/mol. The van der Waals surface area contributed by atoms with Crippen molar-refractivity contribution in [3.8, 4) is 0 Å². The molecule has 0 radical (unpaired) electrons. The molecule has 0 aromatic rings. The van der Waals surface area contributed by atoms with E-state index in [-0.39, 0.29) is 0 Å². The molecular formula is C13H22ClN. The Labute approximate surface area is 98.2 Å². The molecule has 0 amide bonds. The Morgan fingerprint density at radius 2 is 1.93 bits per heavy atom. The Kier molecular flexibility index (Phi) is 2.95. The van der Waals surface area contributed by atoms with Gasteiger partial charge in [-0.05, 0) is 49.9 Å². The van der Waals surface area contributed by atoms with Crippen LogP contribution < -0.4 is 0 Å². The van der Waals surface area contributed by atoms with E-state index in [9.17, 15) is 0 Å². The van der Waals surface area contributed by atoms with Gasteiger partial charge in [-0.25, -0.2) is 0 Å². The summed E-state index contributed by atoms with van der Waals surface area (Å²) in [5.41, 5.74) is 0. The van der Waals surface area contributed by atoms with Crippen molar-refractivity contribution >= 4 is 11.6 Å². The zero-order chi connectivity index (χ0) is 10.3. The van der Waals surface area contributed by atoms with Crippen LogP contribution >= 0.6 is 11.6 Å². The van der Waals surface area contributed by atoms with Gasteiger partial charge in [0.1, 0.15) is 0 Å². The maximum Gasteiger partial charge on any atom is 0.0351 e. The van der Waals surface area contributed by atoms with Crippen LogP contribution in [0, 0.1) is 17.8 Å². The summed E-state index contributed by atoms with van der Waals surface area (Å²) in [4.78, 5) is 2.68. The molecule has 1 nitrogen and oxygen atoms in total. The van der Waals surface area contributed by atoms with Crippen molar-refractivity contribution in [2.24, 2.45) is 17.8 Å². The number of rotatable bonds is 5. The molecule has 0 aromatic carbocycles. The SMILES string of the molecule is ClCCN(CC1CC2CCC1C2)C1CC1. The van der Waals surface area contributed by atoms with Gasteiger partial charge >= 0.3 is 0 Å². The Balaban J connectivity index is 1.54. The smallest absolute Gasteiger partial charge is 0.0351 e. The molecule has 3 fully saturated rings. The summed E-state index contributed by atoms with van der Waals surface area (Å²) in [6.45, 7) is 2.48. The highest BCUT2D eigenvalue weighted by Gasteiger charge is 2.41. The standard InChI is InChI=1S/C13H22ClN/c14-5-6-15(13-3-4-13)9-12-8-10-1-2-11(12)7-10/h10-13H,1-9H2. The minimum absolute atomic E-state index is 0.817. The fourth-order valence-electron chi connectivity index (χ4n) is 3.87. The molecule has 3 unspecified atom stereocenters. The van der Waals surface area contributed by atoms with E-state index >= 15 is 0 Å². The summed E-state index contributed by atoms with van der Waals surface area (Å²) in [5, 5.41) is 0. The molecule has 0 N–H and O–H groups in total. The van der Waals surface area contributed by atoms with E-state index in [1.165, 1.54) is 38.6 Å². The van der Waals surface area contributed by atoms with Gasteiger partial charge in [0.2, 0.25) is 0 Å². The van der Waals surface area contributed by atoms with Crippen molar-refractivity contribution in [2.45, 2.75) is 44.6 Å². The van der Waals surface area contributed by atoms with E-state index in [2.05, 4.69) is 4.90 Å². The molecule has 0 aromatic heterocycles. The van der Waals surface area contributed by atoms with Crippen LogP contribution in [-0.4, -0.2) is 29.9 Å². The quantitative estimate of drug-likeness (QED) is 0.653. The Morgan fingerprint density at radius 3 is 2.47 bits per heavy atom. The van der Waals surface area contributed by atoms with Gasteiger partial charge in [0.05, 0.1) is 0 Å². The third-order valence-electron chi connectivity index (χ3n) is 4.79. The van der Waals surface area contributed by atoms with Crippen LogP contribution in [0.5, 0.6) is 0 Å². The van der Waals surface area contributed by atoms with Crippen LogP contribution in [0.1, 0.15) is 38.5 Å². The highest BCUT2D eigenvalue weighted by atomic mass is 35.5. The number of hydrogen-bond acceptors (Lipinski definition) is 1. The topological polar surface area (TPSA) is 3.24 Å². The Morgan fingerprint density at radius 1 is 1.07 bits per heavy atom. The molecule has 3 aliphatic carbocycles. The minimum atomic E-state index is 0.817. The van der Waals surface area contributed by atoms with Crippen LogP contribution in [0.4, 0.5) is 0 Å². The van der Waals surface area contributed by atoms with Crippen LogP contribution in [0.2, 0.25) is 0 Å². The first-order valence-electron chi connectivity index (χ1n) is 6.67. The predicted octanol–water partition coefficient (Wildman–Crippen LogP) is 3.13. The molecule has 15 heavy (non-hydrogen) atoms. The molecule has 3 rings (SSSR count). The molecule has 0 aliphatic heterocycles. The lowest BCUT2D eigenvalue weighted by Gasteiger charge is -2.29. The minimum Gasteiger partial charge on any atom is -0.299 e. The zero-order valence-electron chi connectivity index (χ0n) is 9.50. The first-order chi connectivity index (χ1) is 7.36. The van der Waals surface area contributed by atoms with Crippen LogP contribution in [-0.2, 0) is 0 Å². The summed E-state index contributed by atoms with van der Waals surface area (Å²) in [6, 6.07) is 0.905. The zero-order valence-corrected chi connectivity index (χ0v) is 10.3. The highest BCUT2D eigenvalue weighted by molar-refractivity contribution is 6.18. The van der Waals surface area contributed by atoms with Crippen LogP contribution in [0.25, 0.3) is 0 Å². The number of alkyl halides is 1. The van der Waals surface area contributed by atoms with E-state index in [4.69, 9.17) is 11.6 Å². The van der Waals surface area contributed by atoms with E-state index in [0.29, 0.717) is 0 Å². The van der Waals surface area contributed by atoms with Crippen molar-refractivity contribution in [2.75, 3.05) is 19.0 Å². The van der Waals surface area contributed by atoms with Crippen molar-refractivity contribution < 1.29 is 0 Å². The third-order valence-corrected chi connectivity index (χ3v) is 4.96. The molecule has 3 aliphatic rings. The summed E-state index contributed by atoms with van der Waals surface area (Å²) in [6.07, 6.45) is 8.98. The van der Waals surface area contributed by atoms with Gasteiger partial charge < -0.3 is 0 Å². The Bertz CT molecular complexity index is 227. The second kappa shape index (κ2) is 4.25. The van der Waals surface area contributed by atoms with Crippen LogP contribution in [0.3, 0.4) is 0 Å². The fraction of sp³-hybridized carbons (Fsp3) is 1.00. The van der Waals surface area contributed by atoms with Gasteiger partial charge in [0, 0.05) is 25.0 Å². The van der Waals surface area contributed by atoms with Gasteiger partial charge in [-0.1, -0.05) is 6.42 Å². The van der Waals surface area contributed by atoms with Crippen molar-refractivity contribution in [1.29, 1.82) is 0 Å². The molecule has 86 valence electrons. The molecular weight excluding hydrogens is 206 g/mol. The van der Waals surface area contributed by atoms with Gasteiger partial charge in [-0.15, -0.1) is 11.6 Å². The average Bonchev–Trinajstić information content (AvgIpc) is 2.89. The second-order valence-electron chi connectivity index (χ2n) is 5.85. The van der Waals surface area contributed by atoms with Gasteiger partial charge in [0.25, 0.3) is 0 Å². The first-order valence-corrected chi connectivity index (χ1v) is 7.20. The first kappa shape index (κ1) is 10.4. The van der Waals surface area contributed by atoms with Crippen molar-refractivity contribution in [3.05, 3.63) is 0 Å². The van der Waals surface area contributed by atoms with Crippen molar-refractivity contribution in [3.63, 3.8) is 0 Å². The Hall–Kier alpha value is 0.250. The monoisotopic (exact) mass is 227 g/mol. The summed E-state index contributed by atoms with van der Waals surface area (Å²) in [7, 11) is 0. The normalized spacial score (nSPS) is 39.2. The maximum absolute atomic E-state index is 5.89. The van der Waals surface area contributed by atoms with E-state index < -0.39 is 0 Å². The summed E-state index contributed by atoms with van der Waals surface area (Å²) < 4.78 is 0. The molecule has 3 atom stereocenters. The highest BCUT2D eigenvalue weighted by Crippen LogP contribution is 2.49. The maximum atomic E-state index is 5.89. The lowest BCUT2D eigenvalue weighted by molar-refractivity contribution is 0.190. The number of hydrogen-bond donors (Lipinski definition) is 0. The molecule has 2 heteroatoms. The van der Waals surface area contributed by atoms with Crippen molar-refractivity contribution in [1.82, 2.24) is 4.90 Å². The predicted molar refractivity (Wildman–Crippen MR) is 64.3 cm³/mol. The summed E-state index contributed by atoms with van der Waals surface area (Å²) >= 11 is 5.89. The molecule has 3 saturated carbocycles. The lowest BCUT2D eigenvalue weighted by Crippen LogP contribution is -2.35. The van der Waals surface area contributed by atoms with E-state index in [1.807, 2.05) is 0 Å². The lowest BCUT2D eigenvalue weighted by atomic mass is 9.88. The largest absolute Gasteiger partial charge is 0.299 e. The molecule has 0 saturated heterocycles. The molecule has 0 heterocycles. The van der Waals surface area contributed by atoms with Gasteiger partial charge in [0.15, 0.2) is 0 Å². The van der Waals surface area contributed by atoms with E-state index in [1.54, 1.807) is 6.42 Å². The third kappa shape index (κ3) is 2.19. The second-order valence-corrected chi connectivity index (χ2v) is 6.23. The van der Waals surface area contributed by atoms with Gasteiger partial charge in [-0.3, -0.25) is 4.90 Å². The van der Waals surface area contributed by atoms with E-state index in [0.717, 1.165) is 36.2 Å². The number of nitrogens with zero attached hydrogens (tertiary/aromatic N) is 1. The van der Waals surface area contributed by atoms with Crippen LogP contribution in [0.15, 0.2) is 0 Å². The number of fused-ring (bicyclic) bond motifs is 2.